The van der Waals surface area contributed by atoms with Gasteiger partial charge in [-0.15, -0.1) is 0 Å². The van der Waals surface area contributed by atoms with Crippen LogP contribution in [-0.2, 0) is 0 Å². The van der Waals surface area contributed by atoms with E-state index in [0.29, 0.717) is 11.0 Å². The van der Waals surface area contributed by atoms with Crippen molar-refractivity contribution < 1.29 is 9.90 Å². The molecule has 1 saturated heterocycles. The minimum absolute atomic E-state index is 0.371. The molecule has 1 aliphatic rings. The third-order valence-corrected chi connectivity index (χ3v) is 4.50. The third-order valence-electron chi connectivity index (χ3n) is 4.50. The summed E-state index contributed by atoms with van der Waals surface area (Å²) in [5.74, 6) is -0.0801. The van der Waals surface area contributed by atoms with Crippen LogP contribution in [0.3, 0.4) is 0 Å². The van der Waals surface area contributed by atoms with Gasteiger partial charge in [0.1, 0.15) is 0 Å². The molecule has 0 spiro atoms. The summed E-state index contributed by atoms with van der Waals surface area (Å²) in [5.41, 5.74) is 2.99. The molecule has 0 saturated carbocycles. The van der Waals surface area contributed by atoms with Crippen LogP contribution < -0.4 is 4.90 Å². The molecule has 0 aromatic heterocycles. The lowest BCUT2D eigenvalue weighted by molar-refractivity contribution is 0.0697. The lowest BCUT2D eigenvalue weighted by atomic mass is 9.75. The fraction of sp³-hybridized carbons (Fsp3) is 0.588. The predicted molar refractivity (Wildman–Crippen MR) is 82.5 cm³/mol. The molecule has 3 nitrogen and oxygen atoms in total. The van der Waals surface area contributed by atoms with E-state index in [-0.39, 0.29) is 0 Å². The average Bonchev–Trinajstić information content (AvgIpc) is 2.37. The van der Waals surface area contributed by atoms with E-state index in [4.69, 9.17) is 5.11 Å². The maximum atomic E-state index is 11.0. The number of rotatable bonds is 2. The second kappa shape index (κ2) is 5.47. The van der Waals surface area contributed by atoms with Gasteiger partial charge in [-0.05, 0) is 54.9 Å². The van der Waals surface area contributed by atoms with E-state index >= 15 is 0 Å². The molecule has 1 heterocycles. The second-order valence-corrected chi connectivity index (χ2v) is 6.93. The highest BCUT2D eigenvalue weighted by Crippen LogP contribution is 2.36. The van der Waals surface area contributed by atoms with E-state index in [1.165, 1.54) is 18.5 Å². The third kappa shape index (κ3) is 3.14. The Labute approximate surface area is 121 Å². The van der Waals surface area contributed by atoms with Crippen molar-refractivity contribution in [2.45, 2.75) is 40.5 Å². The molecule has 20 heavy (non-hydrogen) atoms. The molecule has 0 radical (unpaired) electrons. The monoisotopic (exact) mass is 275 g/mol. The molecule has 110 valence electrons. The minimum Gasteiger partial charge on any atom is -0.478 e. The number of carbonyl (C=O) groups is 1. The Morgan fingerprint density at radius 1 is 1.25 bits per heavy atom. The van der Waals surface area contributed by atoms with Gasteiger partial charge in [-0.3, -0.25) is 0 Å². The van der Waals surface area contributed by atoms with E-state index in [2.05, 4.69) is 25.7 Å². The zero-order chi connectivity index (χ0) is 14.9. The van der Waals surface area contributed by atoms with Crippen molar-refractivity contribution in [2.24, 2.45) is 11.3 Å². The van der Waals surface area contributed by atoms with Crippen LogP contribution in [0, 0.1) is 18.3 Å². The SMILES string of the molecule is Cc1cc(C(=O)O)ccc1N1CCC(C(C)(C)C)CC1. The normalized spacial score (nSPS) is 17.3. The van der Waals surface area contributed by atoms with Crippen molar-refractivity contribution >= 4 is 11.7 Å². The Morgan fingerprint density at radius 2 is 1.85 bits per heavy atom. The molecule has 0 unspecified atom stereocenters. The van der Waals surface area contributed by atoms with Gasteiger partial charge in [0.25, 0.3) is 0 Å². The van der Waals surface area contributed by atoms with Crippen LogP contribution in [0.2, 0.25) is 0 Å². The molecule has 2 rings (SSSR count). The van der Waals surface area contributed by atoms with Crippen LogP contribution in [0.4, 0.5) is 5.69 Å². The summed E-state index contributed by atoms with van der Waals surface area (Å²) < 4.78 is 0. The number of nitrogens with zero attached hydrogens (tertiary/aromatic N) is 1. The number of hydrogen-bond donors (Lipinski definition) is 1. The number of aromatic carboxylic acids is 1. The summed E-state index contributed by atoms with van der Waals surface area (Å²) in [6.07, 6.45) is 2.42. The van der Waals surface area contributed by atoms with Gasteiger partial charge in [0, 0.05) is 18.8 Å². The molecule has 1 N–H and O–H groups in total. The summed E-state index contributed by atoms with van der Waals surface area (Å²) in [7, 11) is 0. The van der Waals surface area contributed by atoms with Gasteiger partial charge in [0.15, 0.2) is 0 Å². The number of benzene rings is 1. The fourth-order valence-electron chi connectivity index (χ4n) is 3.13. The van der Waals surface area contributed by atoms with Crippen molar-refractivity contribution in [1.29, 1.82) is 0 Å². The maximum Gasteiger partial charge on any atom is 0.335 e. The highest BCUT2D eigenvalue weighted by molar-refractivity contribution is 5.88. The number of aryl methyl sites for hydroxylation is 1. The average molecular weight is 275 g/mol. The first-order chi connectivity index (χ1) is 9.29. The highest BCUT2D eigenvalue weighted by atomic mass is 16.4. The first kappa shape index (κ1) is 14.9. The van der Waals surface area contributed by atoms with Crippen molar-refractivity contribution in [3.63, 3.8) is 0 Å². The summed E-state index contributed by atoms with van der Waals surface area (Å²) in [4.78, 5) is 13.4. The van der Waals surface area contributed by atoms with Gasteiger partial charge >= 0.3 is 5.97 Å². The molecule has 1 fully saturated rings. The van der Waals surface area contributed by atoms with E-state index < -0.39 is 5.97 Å². The van der Waals surface area contributed by atoms with Gasteiger partial charge in [-0.2, -0.15) is 0 Å². The van der Waals surface area contributed by atoms with Crippen LogP contribution in [-0.4, -0.2) is 24.2 Å². The molecule has 1 aromatic carbocycles. The van der Waals surface area contributed by atoms with Crippen LogP contribution in [0.1, 0.15) is 49.5 Å². The van der Waals surface area contributed by atoms with Gasteiger partial charge in [-0.1, -0.05) is 20.8 Å². The van der Waals surface area contributed by atoms with Crippen molar-refractivity contribution in [3.8, 4) is 0 Å². The summed E-state index contributed by atoms with van der Waals surface area (Å²) in [5, 5.41) is 9.02. The van der Waals surface area contributed by atoms with E-state index in [1.54, 1.807) is 12.1 Å². The van der Waals surface area contributed by atoms with Gasteiger partial charge in [0.05, 0.1) is 5.56 Å². The van der Waals surface area contributed by atoms with E-state index in [0.717, 1.165) is 24.6 Å². The molecule has 0 bridgehead atoms. The van der Waals surface area contributed by atoms with Crippen LogP contribution in [0.25, 0.3) is 0 Å². The van der Waals surface area contributed by atoms with Crippen molar-refractivity contribution in [2.75, 3.05) is 18.0 Å². The Morgan fingerprint density at radius 3 is 2.30 bits per heavy atom. The minimum atomic E-state index is -0.855. The molecule has 3 heteroatoms. The predicted octanol–water partition coefficient (Wildman–Crippen LogP) is 3.96. The van der Waals surface area contributed by atoms with E-state index in [1.807, 2.05) is 13.0 Å². The number of piperidine rings is 1. The Kier molecular flexibility index (Phi) is 4.07. The molecule has 1 aromatic rings. The van der Waals surface area contributed by atoms with Gasteiger partial charge < -0.3 is 10.0 Å². The van der Waals surface area contributed by atoms with Crippen molar-refractivity contribution in [3.05, 3.63) is 29.3 Å². The largest absolute Gasteiger partial charge is 0.478 e. The molecule has 0 atom stereocenters. The Hall–Kier alpha value is -1.51. The Balaban J connectivity index is 2.09. The molecular weight excluding hydrogens is 250 g/mol. The molecular formula is C17H25NO2. The molecule has 0 aliphatic carbocycles. The summed E-state index contributed by atoms with van der Waals surface area (Å²) in [6.45, 7) is 11.1. The Bertz CT molecular complexity index is 494. The van der Waals surface area contributed by atoms with Crippen molar-refractivity contribution in [1.82, 2.24) is 0 Å². The van der Waals surface area contributed by atoms with Crippen LogP contribution in [0.15, 0.2) is 18.2 Å². The van der Waals surface area contributed by atoms with Gasteiger partial charge in [0.2, 0.25) is 0 Å². The van der Waals surface area contributed by atoms with Crippen LogP contribution in [0.5, 0.6) is 0 Å². The molecule has 1 aliphatic heterocycles. The smallest absolute Gasteiger partial charge is 0.335 e. The van der Waals surface area contributed by atoms with Crippen LogP contribution >= 0.6 is 0 Å². The topological polar surface area (TPSA) is 40.5 Å². The molecule has 0 amide bonds. The van der Waals surface area contributed by atoms with Gasteiger partial charge in [-0.25, -0.2) is 4.79 Å². The fourth-order valence-corrected chi connectivity index (χ4v) is 3.13. The number of anilines is 1. The summed E-state index contributed by atoms with van der Waals surface area (Å²) in [6, 6.07) is 5.43. The zero-order valence-electron chi connectivity index (χ0n) is 12.9. The quantitative estimate of drug-likeness (QED) is 0.888. The maximum absolute atomic E-state index is 11.0. The number of carboxylic acids is 1. The first-order valence-electron chi connectivity index (χ1n) is 7.38. The standard InChI is InChI=1S/C17H25NO2/c1-12-11-13(16(19)20)5-6-15(12)18-9-7-14(8-10-18)17(2,3)4/h5-6,11,14H,7-10H2,1-4H3,(H,19,20). The second-order valence-electron chi connectivity index (χ2n) is 6.93. The number of carboxylic acid groups (broad SMARTS) is 1. The number of hydrogen-bond acceptors (Lipinski definition) is 2. The first-order valence-corrected chi connectivity index (χ1v) is 7.38. The van der Waals surface area contributed by atoms with E-state index in [9.17, 15) is 4.79 Å². The lowest BCUT2D eigenvalue weighted by Gasteiger charge is -2.40. The zero-order valence-corrected chi connectivity index (χ0v) is 12.9. The summed E-state index contributed by atoms with van der Waals surface area (Å²) >= 11 is 0. The lowest BCUT2D eigenvalue weighted by Crippen LogP contribution is -2.38. The highest BCUT2D eigenvalue weighted by Gasteiger charge is 2.29.